The van der Waals surface area contributed by atoms with Crippen molar-refractivity contribution in [2.75, 3.05) is 13.2 Å². The molecular formula is C11H14N2O2. The molecule has 1 rings (SSSR count). The summed E-state index contributed by atoms with van der Waals surface area (Å²) in [5.74, 6) is 0.705. The van der Waals surface area contributed by atoms with Crippen LogP contribution in [0.3, 0.4) is 0 Å². The van der Waals surface area contributed by atoms with Gasteiger partial charge in [0.2, 0.25) is 0 Å². The van der Waals surface area contributed by atoms with Crippen molar-refractivity contribution in [2.24, 2.45) is 0 Å². The van der Waals surface area contributed by atoms with Gasteiger partial charge < -0.3 is 9.57 Å². The van der Waals surface area contributed by atoms with E-state index in [0.29, 0.717) is 18.9 Å². The van der Waals surface area contributed by atoms with Crippen LogP contribution in [-0.2, 0) is 11.4 Å². The molecule has 1 aromatic carbocycles. The number of hydrogen-bond acceptors (Lipinski definition) is 4. The van der Waals surface area contributed by atoms with Crippen LogP contribution in [0.2, 0.25) is 0 Å². The zero-order chi connectivity index (χ0) is 10.9. The van der Waals surface area contributed by atoms with E-state index in [0.717, 1.165) is 5.56 Å². The minimum absolute atomic E-state index is 0.0799. The predicted molar refractivity (Wildman–Crippen MR) is 56.0 cm³/mol. The van der Waals surface area contributed by atoms with Gasteiger partial charge in [0.15, 0.2) is 6.61 Å². The van der Waals surface area contributed by atoms with Crippen LogP contribution in [0.25, 0.3) is 0 Å². The van der Waals surface area contributed by atoms with Gasteiger partial charge in [0.25, 0.3) is 0 Å². The first-order chi connectivity index (χ1) is 7.36. The Morgan fingerprint density at radius 2 is 2.07 bits per heavy atom. The molecule has 0 amide bonds. The molecule has 0 radical (unpaired) electrons. The van der Waals surface area contributed by atoms with Crippen molar-refractivity contribution >= 4 is 0 Å². The van der Waals surface area contributed by atoms with Crippen molar-refractivity contribution in [2.45, 2.75) is 13.5 Å². The van der Waals surface area contributed by atoms with Crippen LogP contribution in [0, 0.1) is 11.3 Å². The normalized spacial score (nSPS) is 9.60. The molecule has 0 aromatic heterocycles. The van der Waals surface area contributed by atoms with Crippen molar-refractivity contribution in [3.05, 3.63) is 29.8 Å². The van der Waals surface area contributed by atoms with Crippen LogP contribution >= 0.6 is 0 Å². The largest absolute Gasteiger partial charge is 0.479 e. The molecule has 0 spiro atoms. The SMILES string of the molecule is CCONCc1ccc(OCC#N)cc1. The number of hydroxylamine groups is 1. The van der Waals surface area contributed by atoms with Crippen molar-refractivity contribution in [3.8, 4) is 11.8 Å². The number of hydrogen-bond donors (Lipinski definition) is 1. The van der Waals surface area contributed by atoms with Gasteiger partial charge >= 0.3 is 0 Å². The topological polar surface area (TPSA) is 54.3 Å². The van der Waals surface area contributed by atoms with Gasteiger partial charge in [-0.25, -0.2) is 0 Å². The molecule has 0 saturated heterocycles. The molecule has 4 nitrogen and oxygen atoms in total. The molecule has 0 aliphatic heterocycles. The summed E-state index contributed by atoms with van der Waals surface area (Å²) in [5, 5.41) is 8.32. The van der Waals surface area contributed by atoms with Crippen molar-refractivity contribution in [1.29, 1.82) is 5.26 Å². The van der Waals surface area contributed by atoms with E-state index in [4.69, 9.17) is 14.8 Å². The van der Waals surface area contributed by atoms with Crippen LogP contribution in [0.4, 0.5) is 0 Å². The van der Waals surface area contributed by atoms with E-state index in [2.05, 4.69) is 5.48 Å². The van der Waals surface area contributed by atoms with Crippen LogP contribution < -0.4 is 10.2 Å². The average Bonchev–Trinajstić information content (AvgIpc) is 2.28. The molecule has 15 heavy (non-hydrogen) atoms. The molecule has 0 saturated carbocycles. The fourth-order valence-corrected chi connectivity index (χ4v) is 1.06. The Hall–Kier alpha value is -1.57. The van der Waals surface area contributed by atoms with Gasteiger partial charge in [-0.3, -0.25) is 0 Å². The summed E-state index contributed by atoms with van der Waals surface area (Å²) in [6.45, 7) is 3.30. The van der Waals surface area contributed by atoms with E-state index in [1.807, 2.05) is 37.3 Å². The lowest BCUT2D eigenvalue weighted by Gasteiger charge is -2.05. The first kappa shape index (κ1) is 11.5. The third-order valence-electron chi connectivity index (χ3n) is 1.75. The summed E-state index contributed by atoms with van der Waals surface area (Å²) < 4.78 is 5.12. The Bertz CT molecular complexity index is 316. The van der Waals surface area contributed by atoms with E-state index >= 15 is 0 Å². The minimum atomic E-state index is 0.0799. The van der Waals surface area contributed by atoms with Crippen molar-refractivity contribution < 1.29 is 9.57 Å². The quantitative estimate of drug-likeness (QED) is 0.567. The van der Waals surface area contributed by atoms with Gasteiger partial charge in [-0.05, 0) is 24.6 Å². The third-order valence-corrected chi connectivity index (χ3v) is 1.75. The summed E-state index contributed by atoms with van der Waals surface area (Å²) >= 11 is 0. The number of ether oxygens (including phenoxy) is 1. The van der Waals surface area contributed by atoms with Gasteiger partial charge in [0.1, 0.15) is 11.8 Å². The van der Waals surface area contributed by atoms with Gasteiger partial charge in [-0.1, -0.05) is 12.1 Å². The molecule has 0 atom stereocenters. The first-order valence-electron chi connectivity index (χ1n) is 4.80. The number of nitriles is 1. The molecule has 0 bridgehead atoms. The lowest BCUT2D eigenvalue weighted by atomic mass is 10.2. The predicted octanol–water partition coefficient (Wildman–Crippen LogP) is 1.63. The Labute approximate surface area is 89.4 Å². The Kier molecular flexibility index (Phi) is 5.23. The van der Waals surface area contributed by atoms with Crippen LogP contribution in [-0.4, -0.2) is 13.2 Å². The van der Waals surface area contributed by atoms with Crippen molar-refractivity contribution in [1.82, 2.24) is 5.48 Å². The summed E-state index contributed by atoms with van der Waals surface area (Å²) in [6, 6.07) is 9.44. The average molecular weight is 206 g/mol. The lowest BCUT2D eigenvalue weighted by molar-refractivity contribution is 0.0463. The zero-order valence-electron chi connectivity index (χ0n) is 8.69. The first-order valence-corrected chi connectivity index (χ1v) is 4.80. The Morgan fingerprint density at radius 3 is 2.67 bits per heavy atom. The van der Waals surface area contributed by atoms with Crippen LogP contribution in [0.5, 0.6) is 5.75 Å². The Morgan fingerprint density at radius 1 is 1.33 bits per heavy atom. The monoisotopic (exact) mass is 206 g/mol. The highest BCUT2D eigenvalue weighted by molar-refractivity contribution is 5.27. The Balaban J connectivity index is 2.39. The smallest absolute Gasteiger partial charge is 0.174 e. The van der Waals surface area contributed by atoms with Gasteiger partial charge in [0.05, 0.1) is 6.61 Å². The fraction of sp³-hybridized carbons (Fsp3) is 0.364. The van der Waals surface area contributed by atoms with Gasteiger partial charge in [-0.15, -0.1) is 0 Å². The molecule has 1 N–H and O–H groups in total. The standard InChI is InChI=1S/C11H14N2O2/c1-2-15-13-9-10-3-5-11(6-4-10)14-8-7-12/h3-6,13H,2,8-9H2,1H3. The maximum atomic E-state index is 8.32. The molecular weight excluding hydrogens is 192 g/mol. The molecule has 80 valence electrons. The maximum absolute atomic E-state index is 8.32. The minimum Gasteiger partial charge on any atom is -0.479 e. The van der Waals surface area contributed by atoms with Gasteiger partial charge in [-0.2, -0.15) is 10.7 Å². The highest BCUT2D eigenvalue weighted by Gasteiger charge is 1.94. The second-order valence-corrected chi connectivity index (χ2v) is 2.84. The molecule has 4 heteroatoms. The molecule has 0 aliphatic rings. The van der Waals surface area contributed by atoms with E-state index in [9.17, 15) is 0 Å². The van der Waals surface area contributed by atoms with E-state index < -0.39 is 0 Å². The van der Waals surface area contributed by atoms with E-state index in [1.165, 1.54) is 0 Å². The maximum Gasteiger partial charge on any atom is 0.174 e. The number of nitrogens with one attached hydrogen (secondary N) is 1. The summed E-state index contributed by atoms with van der Waals surface area (Å²) in [6.07, 6.45) is 0. The summed E-state index contributed by atoms with van der Waals surface area (Å²) in [5.41, 5.74) is 3.93. The van der Waals surface area contributed by atoms with Gasteiger partial charge in [0, 0.05) is 6.54 Å². The molecule has 0 fully saturated rings. The summed E-state index contributed by atoms with van der Waals surface area (Å²) in [7, 11) is 0. The second-order valence-electron chi connectivity index (χ2n) is 2.84. The highest BCUT2D eigenvalue weighted by atomic mass is 16.6. The van der Waals surface area contributed by atoms with E-state index in [-0.39, 0.29) is 6.61 Å². The van der Waals surface area contributed by atoms with Crippen LogP contribution in [0.15, 0.2) is 24.3 Å². The summed E-state index contributed by atoms with van der Waals surface area (Å²) in [4.78, 5) is 5.01. The molecule has 0 heterocycles. The highest BCUT2D eigenvalue weighted by Crippen LogP contribution is 2.11. The van der Waals surface area contributed by atoms with E-state index in [1.54, 1.807) is 0 Å². The second kappa shape index (κ2) is 6.82. The number of nitrogens with zero attached hydrogens (tertiary/aromatic N) is 1. The lowest BCUT2D eigenvalue weighted by Crippen LogP contribution is -2.13. The molecule has 0 aliphatic carbocycles. The third kappa shape index (κ3) is 4.45. The number of benzene rings is 1. The molecule has 0 unspecified atom stereocenters. The zero-order valence-corrected chi connectivity index (χ0v) is 8.69. The van der Waals surface area contributed by atoms with Crippen LogP contribution in [0.1, 0.15) is 12.5 Å². The fourth-order valence-electron chi connectivity index (χ4n) is 1.06. The molecule has 1 aromatic rings. The number of rotatable bonds is 6. The van der Waals surface area contributed by atoms with Crippen molar-refractivity contribution in [3.63, 3.8) is 0 Å².